The van der Waals surface area contributed by atoms with Crippen molar-refractivity contribution in [3.63, 3.8) is 0 Å². The molecule has 0 saturated carbocycles. The maximum Gasteiger partial charge on any atom is 0.273 e. The van der Waals surface area contributed by atoms with Crippen molar-refractivity contribution in [3.05, 3.63) is 68.2 Å². The van der Waals surface area contributed by atoms with E-state index in [0.29, 0.717) is 10.0 Å². The van der Waals surface area contributed by atoms with E-state index in [2.05, 4.69) is 15.9 Å². The van der Waals surface area contributed by atoms with Gasteiger partial charge in [-0.05, 0) is 39.7 Å². The van der Waals surface area contributed by atoms with E-state index in [-0.39, 0.29) is 18.0 Å². The number of halogens is 3. The Morgan fingerprint density at radius 2 is 1.90 bits per heavy atom. The Hall–Kier alpha value is -2.02. The van der Waals surface area contributed by atoms with Gasteiger partial charge in [0.15, 0.2) is 11.6 Å². The molecule has 0 unspecified atom stereocenters. The normalized spacial score (nSPS) is 10.3. The highest BCUT2D eigenvalue weighted by Crippen LogP contribution is 2.30. The topological polar surface area (TPSA) is 52.4 Å². The van der Waals surface area contributed by atoms with Gasteiger partial charge in [-0.25, -0.2) is 8.78 Å². The second-order valence-corrected chi connectivity index (χ2v) is 4.76. The van der Waals surface area contributed by atoms with Gasteiger partial charge in [0.05, 0.1) is 15.5 Å². The Balaban J connectivity index is 2.15. The Morgan fingerprint density at radius 1 is 1.15 bits per heavy atom. The van der Waals surface area contributed by atoms with E-state index >= 15 is 0 Å². The highest BCUT2D eigenvalue weighted by molar-refractivity contribution is 9.10. The first-order valence-corrected chi connectivity index (χ1v) is 6.27. The van der Waals surface area contributed by atoms with Gasteiger partial charge >= 0.3 is 0 Å². The number of hydrogen-bond donors (Lipinski definition) is 0. The average molecular weight is 344 g/mol. The van der Waals surface area contributed by atoms with Crippen LogP contribution in [0.3, 0.4) is 0 Å². The first-order chi connectivity index (χ1) is 9.47. The standard InChI is InChI=1S/C13H8BrF2NO3/c14-10-3-2-9(17(18)19)6-13(10)20-7-8-1-4-11(15)12(16)5-8/h1-6H,7H2. The summed E-state index contributed by atoms with van der Waals surface area (Å²) in [7, 11) is 0. The van der Waals surface area contributed by atoms with Crippen molar-refractivity contribution in [2.45, 2.75) is 6.61 Å². The van der Waals surface area contributed by atoms with Crippen LogP contribution in [0.5, 0.6) is 5.75 Å². The molecule has 0 aliphatic heterocycles. The molecule has 0 atom stereocenters. The van der Waals surface area contributed by atoms with E-state index in [1.54, 1.807) is 0 Å². The third-order valence-corrected chi connectivity index (χ3v) is 3.16. The lowest BCUT2D eigenvalue weighted by Crippen LogP contribution is -1.98. The first-order valence-electron chi connectivity index (χ1n) is 5.48. The molecule has 2 rings (SSSR count). The van der Waals surface area contributed by atoms with Crippen LogP contribution in [-0.4, -0.2) is 4.92 Å². The summed E-state index contributed by atoms with van der Waals surface area (Å²) in [5, 5.41) is 10.7. The van der Waals surface area contributed by atoms with Gasteiger partial charge in [0.25, 0.3) is 5.69 Å². The predicted molar refractivity (Wildman–Crippen MR) is 71.5 cm³/mol. The van der Waals surface area contributed by atoms with Gasteiger partial charge < -0.3 is 4.74 Å². The molecule has 0 radical (unpaired) electrons. The van der Waals surface area contributed by atoms with Crippen LogP contribution in [0.25, 0.3) is 0 Å². The maximum absolute atomic E-state index is 13.0. The predicted octanol–water partition coefficient (Wildman–Crippen LogP) is 4.21. The van der Waals surface area contributed by atoms with Gasteiger partial charge in [-0.1, -0.05) is 6.07 Å². The van der Waals surface area contributed by atoms with Gasteiger partial charge in [-0.3, -0.25) is 10.1 Å². The third kappa shape index (κ3) is 3.30. The van der Waals surface area contributed by atoms with Crippen LogP contribution in [-0.2, 0) is 6.61 Å². The smallest absolute Gasteiger partial charge is 0.273 e. The zero-order valence-electron chi connectivity index (χ0n) is 9.98. The van der Waals surface area contributed by atoms with Crippen LogP contribution in [0.4, 0.5) is 14.5 Å². The summed E-state index contributed by atoms with van der Waals surface area (Å²) < 4.78 is 31.7. The lowest BCUT2D eigenvalue weighted by Gasteiger charge is -2.08. The molecule has 0 fully saturated rings. The van der Waals surface area contributed by atoms with Crippen LogP contribution < -0.4 is 4.74 Å². The minimum atomic E-state index is -0.968. The summed E-state index contributed by atoms with van der Waals surface area (Å²) >= 11 is 3.20. The lowest BCUT2D eigenvalue weighted by molar-refractivity contribution is -0.385. The van der Waals surface area contributed by atoms with Crippen molar-refractivity contribution >= 4 is 21.6 Å². The summed E-state index contributed by atoms with van der Waals surface area (Å²) in [4.78, 5) is 10.1. The number of nitro benzene ring substituents is 1. The largest absolute Gasteiger partial charge is 0.487 e. The van der Waals surface area contributed by atoms with E-state index in [1.807, 2.05) is 0 Å². The van der Waals surface area contributed by atoms with Crippen LogP contribution in [0, 0.1) is 21.7 Å². The molecule has 0 saturated heterocycles. The van der Waals surface area contributed by atoms with Crippen LogP contribution in [0.2, 0.25) is 0 Å². The Kier molecular flexibility index (Phi) is 4.29. The van der Waals surface area contributed by atoms with Crippen molar-refractivity contribution < 1.29 is 18.4 Å². The fourth-order valence-corrected chi connectivity index (χ4v) is 1.87. The van der Waals surface area contributed by atoms with Crippen LogP contribution in [0.15, 0.2) is 40.9 Å². The van der Waals surface area contributed by atoms with Crippen molar-refractivity contribution in [3.8, 4) is 5.75 Å². The first kappa shape index (κ1) is 14.4. The second kappa shape index (κ2) is 5.96. The monoisotopic (exact) mass is 343 g/mol. The molecule has 0 aliphatic rings. The molecule has 0 aliphatic carbocycles. The van der Waals surface area contributed by atoms with Crippen molar-refractivity contribution in [2.24, 2.45) is 0 Å². The van der Waals surface area contributed by atoms with E-state index < -0.39 is 16.6 Å². The van der Waals surface area contributed by atoms with Crippen molar-refractivity contribution in [2.75, 3.05) is 0 Å². The van der Waals surface area contributed by atoms with Crippen molar-refractivity contribution in [1.29, 1.82) is 0 Å². The zero-order valence-corrected chi connectivity index (χ0v) is 11.6. The van der Waals surface area contributed by atoms with Crippen LogP contribution in [0.1, 0.15) is 5.56 Å². The molecule has 4 nitrogen and oxygen atoms in total. The summed E-state index contributed by atoms with van der Waals surface area (Å²) in [6.45, 7) is -0.0308. The highest BCUT2D eigenvalue weighted by Gasteiger charge is 2.11. The molecule has 0 aromatic heterocycles. The number of nitro groups is 1. The SMILES string of the molecule is O=[N+]([O-])c1ccc(Br)c(OCc2ccc(F)c(F)c2)c1. The van der Waals surface area contributed by atoms with Gasteiger partial charge in [0, 0.05) is 6.07 Å². The quantitative estimate of drug-likeness (QED) is 0.617. The maximum atomic E-state index is 13.0. The lowest BCUT2D eigenvalue weighted by atomic mass is 10.2. The number of hydrogen-bond acceptors (Lipinski definition) is 3. The molecule has 7 heteroatoms. The van der Waals surface area contributed by atoms with E-state index in [9.17, 15) is 18.9 Å². The summed E-state index contributed by atoms with van der Waals surface area (Å²) in [5.74, 6) is -1.65. The summed E-state index contributed by atoms with van der Waals surface area (Å²) in [6, 6.07) is 7.46. The molecular weight excluding hydrogens is 336 g/mol. The summed E-state index contributed by atoms with van der Waals surface area (Å²) in [6.07, 6.45) is 0. The molecule has 0 amide bonds. The molecule has 0 bridgehead atoms. The third-order valence-electron chi connectivity index (χ3n) is 2.50. The zero-order chi connectivity index (χ0) is 14.7. The second-order valence-electron chi connectivity index (χ2n) is 3.91. The van der Waals surface area contributed by atoms with E-state index in [4.69, 9.17) is 4.74 Å². The molecule has 0 N–H and O–H groups in total. The minimum absolute atomic E-state index is 0.0308. The average Bonchev–Trinajstić information content (AvgIpc) is 2.41. The van der Waals surface area contributed by atoms with Gasteiger partial charge in [-0.2, -0.15) is 0 Å². The molecule has 20 heavy (non-hydrogen) atoms. The number of ether oxygens (including phenoxy) is 1. The number of benzene rings is 2. The molecule has 104 valence electrons. The molecule has 2 aromatic carbocycles. The number of nitrogens with zero attached hydrogens (tertiary/aromatic N) is 1. The van der Waals surface area contributed by atoms with Gasteiger partial charge in [0.1, 0.15) is 12.4 Å². The molecule has 2 aromatic rings. The fraction of sp³-hybridized carbons (Fsp3) is 0.0769. The van der Waals surface area contributed by atoms with Crippen molar-refractivity contribution in [1.82, 2.24) is 0 Å². The molecule has 0 spiro atoms. The highest BCUT2D eigenvalue weighted by atomic mass is 79.9. The summed E-state index contributed by atoms with van der Waals surface area (Å²) in [5.41, 5.74) is 0.302. The Morgan fingerprint density at radius 3 is 2.55 bits per heavy atom. The molecular formula is C13H8BrF2NO3. The van der Waals surface area contributed by atoms with Gasteiger partial charge in [0.2, 0.25) is 0 Å². The molecule has 0 heterocycles. The Bertz CT molecular complexity index is 664. The van der Waals surface area contributed by atoms with E-state index in [0.717, 1.165) is 12.1 Å². The van der Waals surface area contributed by atoms with E-state index in [1.165, 1.54) is 24.3 Å². The minimum Gasteiger partial charge on any atom is -0.487 e. The number of rotatable bonds is 4. The van der Waals surface area contributed by atoms with Gasteiger partial charge in [-0.15, -0.1) is 0 Å². The Labute approximate surface area is 121 Å². The fourth-order valence-electron chi connectivity index (χ4n) is 1.51. The van der Waals surface area contributed by atoms with Crippen LogP contribution >= 0.6 is 15.9 Å². The number of non-ortho nitro benzene ring substituents is 1.